The van der Waals surface area contributed by atoms with Gasteiger partial charge in [-0.25, -0.2) is 0 Å². The summed E-state index contributed by atoms with van der Waals surface area (Å²) in [7, 11) is 0. The van der Waals surface area contributed by atoms with Crippen molar-refractivity contribution in [3.8, 4) is 0 Å². The van der Waals surface area contributed by atoms with Gasteiger partial charge in [-0.15, -0.1) is 0 Å². The molecule has 0 aromatic rings. The molecule has 1 N–H and O–H groups in total. The first-order valence-electron chi connectivity index (χ1n) is 7.57. The quantitative estimate of drug-likeness (QED) is 0.586. The first kappa shape index (κ1) is 18.9. The van der Waals surface area contributed by atoms with Gasteiger partial charge in [0.15, 0.2) is 0 Å². The number of ketones is 1. The third kappa shape index (κ3) is 11.9. The zero-order valence-electron chi connectivity index (χ0n) is 13.5. The second-order valence-corrected chi connectivity index (χ2v) is 5.51. The van der Waals surface area contributed by atoms with Crippen molar-refractivity contribution in [1.82, 2.24) is 0 Å². The molecule has 0 radical (unpaired) electrons. The van der Waals surface area contributed by atoms with Crippen molar-refractivity contribution < 1.29 is 9.90 Å². The van der Waals surface area contributed by atoms with Crippen LogP contribution in [0.5, 0.6) is 0 Å². The van der Waals surface area contributed by atoms with E-state index in [0.717, 1.165) is 32.1 Å². The molecule has 2 nitrogen and oxygen atoms in total. The Morgan fingerprint density at radius 2 is 1.55 bits per heavy atom. The van der Waals surface area contributed by atoms with Crippen LogP contribution in [0.1, 0.15) is 66.2 Å². The van der Waals surface area contributed by atoms with Crippen molar-refractivity contribution in [3.05, 3.63) is 35.5 Å². The number of hydrogen-bond donors (Lipinski definition) is 1. The van der Waals surface area contributed by atoms with E-state index in [-0.39, 0.29) is 11.9 Å². The summed E-state index contributed by atoms with van der Waals surface area (Å²) in [6.45, 7) is 7.81. The van der Waals surface area contributed by atoms with E-state index in [4.69, 9.17) is 0 Å². The first-order chi connectivity index (χ1) is 9.45. The summed E-state index contributed by atoms with van der Waals surface area (Å²) < 4.78 is 0. The van der Waals surface area contributed by atoms with Gasteiger partial charge in [0, 0.05) is 6.42 Å². The number of hydrogen-bond acceptors (Lipinski definition) is 2. The predicted molar refractivity (Wildman–Crippen MR) is 86.7 cm³/mol. The Kier molecular flexibility index (Phi) is 11.0. The highest BCUT2D eigenvalue weighted by Crippen LogP contribution is 2.12. The molecule has 0 saturated heterocycles. The molecule has 0 amide bonds. The van der Waals surface area contributed by atoms with Crippen LogP contribution >= 0.6 is 0 Å². The minimum absolute atomic E-state index is 0.254. The molecule has 0 aliphatic carbocycles. The maximum Gasteiger partial charge on any atom is 0.130 e. The largest absolute Gasteiger partial charge is 0.389 e. The lowest BCUT2D eigenvalue weighted by atomic mass is 10.0. The van der Waals surface area contributed by atoms with Crippen molar-refractivity contribution in [2.45, 2.75) is 72.3 Å². The Balaban J connectivity index is 3.89. The number of aliphatic hydroxyl groups excluding tert-OH is 1. The predicted octanol–water partition coefficient (Wildman–Crippen LogP) is 4.75. The molecule has 114 valence electrons. The van der Waals surface area contributed by atoms with Crippen LogP contribution in [0.25, 0.3) is 0 Å². The Morgan fingerprint density at radius 1 is 1.00 bits per heavy atom. The molecule has 2 heteroatoms. The molecule has 0 saturated carbocycles. The van der Waals surface area contributed by atoms with E-state index in [2.05, 4.69) is 26.0 Å². The van der Waals surface area contributed by atoms with Crippen LogP contribution in [0.3, 0.4) is 0 Å². The van der Waals surface area contributed by atoms with Gasteiger partial charge in [0.25, 0.3) is 0 Å². The fourth-order valence-corrected chi connectivity index (χ4v) is 1.97. The summed E-state index contributed by atoms with van der Waals surface area (Å²) >= 11 is 0. The SMILES string of the molecule is C/C=C/[C@H](O)CC/C(C)=C/CC/C(C)=C/CCC(C)=O. The maximum atomic E-state index is 10.8. The van der Waals surface area contributed by atoms with Crippen LogP contribution in [0.2, 0.25) is 0 Å². The highest BCUT2D eigenvalue weighted by molar-refractivity contribution is 5.75. The van der Waals surface area contributed by atoms with E-state index < -0.39 is 0 Å². The Morgan fingerprint density at radius 3 is 2.10 bits per heavy atom. The molecule has 20 heavy (non-hydrogen) atoms. The zero-order chi connectivity index (χ0) is 15.4. The van der Waals surface area contributed by atoms with Gasteiger partial charge in [0.1, 0.15) is 5.78 Å². The van der Waals surface area contributed by atoms with Gasteiger partial charge in [-0.05, 0) is 59.8 Å². The van der Waals surface area contributed by atoms with Gasteiger partial charge in [-0.2, -0.15) is 0 Å². The molecule has 0 rings (SSSR count). The van der Waals surface area contributed by atoms with Crippen molar-refractivity contribution in [2.75, 3.05) is 0 Å². The standard InChI is InChI=1S/C18H30O2/c1-5-8-18(20)14-13-16(3)10-6-9-15(2)11-7-12-17(4)19/h5,8,10-11,18,20H,6-7,9,12-14H2,1-4H3/b8-5+,15-11+,16-10+/t18-/m0/s1. The number of aliphatic hydroxyl groups is 1. The number of rotatable bonds is 10. The minimum atomic E-state index is -0.323. The van der Waals surface area contributed by atoms with Crippen molar-refractivity contribution in [2.24, 2.45) is 0 Å². The normalized spacial score (nSPS) is 14.8. The molecule has 0 aliphatic rings. The maximum absolute atomic E-state index is 10.8. The second-order valence-electron chi connectivity index (χ2n) is 5.51. The molecule has 0 unspecified atom stereocenters. The average molecular weight is 278 g/mol. The van der Waals surface area contributed by atoms with E-state index in [1.807, 2.05) is 19.1 Å². The van der Waals surface area contributed by atoms with E-state index >= 15 is 0 Å². The molecule has 0 aromatic carbocycles. The summed E-state index contributed by atoms with van der Waals surface area (Å²) in [5.41, 5.74) is 2.69. The third-order valence-corrected chi connectivity index (χ3v) is 3.27. The zero-order valence-corrected chi connectivity index (χ0v) is 13.5. The van der Waals surface area contributed by atoms with E-state index in [1.54, 1.807) is 6.92 Å². The first-order valence-corrected chi connectivity index (χ1v) is 7.57. The fourth-order valence-electron chi connectivity index (χ4n) is 1.97. The van der Waals surface area contributed by atoms with Gasteiger partial charge >= 0.3 is 0 Å². The van der Waals surface area contributed by atoms with E-state index in [9.17, 15) is 9.90 Å². The molecule has 0 aromatic heterocycles. The summed E-state index contributed by atoms with van der Waals surface area (Å²) in [5.74, 6) is 0.254. The molecule has 0 spiro atoms. The van der Waals surface area contributed by atoms with Crippen LogP contribution < -0.4 is 0 Å². The van der Waals surface area contributed by atoms with E-state index in [0.29, 0.717) is 6.42 Å². The fraction of sp³-hybridized carbons (Fsp3) is 0.611. The highest BCUT2D eigenvalue weighted by atomic mass is 16.3. The van der Waals surface area contributed by atoms with Crippen LogP contribution in [0.4, 0.5) is 0 Å². The third-order valence-electron chi connectivity index (χ3n) is 3.27. The Labute approximate surface area is 124 Å². The topological polar surface area (TPSA) is 37.3 Å². The van der Waals surface area contributed by atoms with Crippen LogP contribution in [-0.2, 0) is 4.79 Å². The summed E-state index contributed by atoms with van der Waals surface area (Å²) in [4.78, 5) is 10.8. The molecule has 1 atom stereocenters. The van der Waals surface area contributed by atoms with Gasteiger partial charge in [-0.1, -0.05) is 35.5 Å². The second kappa shape index (κ2) is 11.7. The van der Waals surface area contributed by atoms with Gasteiger partial charge in [0.05, 0.1) is 6.10 Å². The monoisotopic (exact) mass is 278 g/mol. The molecular weight excluding hydrogens is 248 g/mol. The number of carbonyl (C=O) groups is 1. The molecule has 0 heterocycles. The van der Waals surface area contributed by atoms with Crippen molar-refractivity contribution >= 4 is 5.78 Å². The van der Waals surface area contributed by atoms with E-state index in [1.165, 1.54) is 11.1 Å². The lowest BCUT2D eigenvalue weighted by Gasteiger charge is -2.06. The smallest absolute Gasteiger partial charge is 0.130 e. The minimum Gasteiger partial charge on any atom is -0.389 e. The summed E-state index contributed by atoms with van der Waals surface area (Å²) in [5, 5.41) is 9.60. The van der Waals surface area contributed by atoms with Crippen LogP contribution in [-0.4, -0.2) is 17.0 Å². The molecule has 0 bridgehead atoms. The van der Waals surface area contributed by atoms with Gasteiger partial charge < -0.3 is 9.90 Å². The van der Waals surface area contributed by atoms with Gasteiger partial charge in [0.2, 0.25) is 0 Å². The number of Topliss-reactive ketones (excluding diaryl/α,β-unsaturated/α-hetero) is 1. The molecule has 0 fully saturated rings. The Hall–Kier alpha value is -1.15. The molecule has 0 aliphatic heterocycles. The van der Waals surface area contributed by atoms with Crippen molar-refractivity contribution in [1.29, 1.82) is 0 Å². The summed E-state index contributed by atoms with van der Waals surface area (Å²) in [6, 6.07) is 0. The van der Waals surface area contributed by atoms with Crippen LogP contribution in [0.15, 0.2) is 35.5 Å². The Bertz CT molecular complexity index is 362. The lowest BCUT2D eigenvalue weighted by molar-refractivity contribution is -0.116. The van der Waals surface area contributed by atoms with Gasteiger partial charge in [-0.3, -0.25) is 0 Å². The molecular formula is C18H30O2. The number of carbonyl (C=O) groups excluding carboxylic acids is 1. The number of allylic oxidation sites excluding steroid dienone is 5. The highest BCUT2D eigenvalue weighted by Gasteiger charge is 1.99. The lowest BCUT2D eigenvalue weighted by Crippen LogP contribution is -2.01. The average Bonchev–Trinajstić information content (AvgIpc) is 2.36. The summed E-state index contributed by atoms with van der Waals surface area (Å²) in [6.07, 6.45) is 13.1. The van der Waals surface area contributed by atoms with Crippen LogP contribution in [0, 0.1) is 0 Å². The van der Waals surface area contributed by atoms with Crippen molar-refractivity contribution in [3.63, 3.8) is 0 Å².